The molecule has 1 saturated heterocycles. The van der Waals surface area contributed by atoms with Gasteiger partial charge in [-0.25, -0.2) is 4.79 Å². The molecule has 2 N–H and O–H groups in total. The Hall–Kier alpha value is -0.690. The highest BCUT2D eigenvalue weighted by Gasteiger charge is 2.48. The van der Waals surface area contributed by atoms with E-state index in [1.165, 1.54) is 6.92 Å². The largest absolute Gasteiger partial charge is 0.464 e. The molecular weight excluding hydrogens is 228 g/mol. The second-order valence-corrected chi connectivity index (χ2v) is 4.68. The lowest BCUT2D eigenvalue weighted by molar-refractivity contribution is -0.195. The summed E-state index contributed by atoms with van der Waals surface area (Å²) >= 11 is 0. The summed E-state index contributed by atoms with van der Waals surface area (Å²) in [6.45, 7) is 6.46. The van der Waals surface area contributed by atoms with E-state index in [0.717, 1.165) is 0 Å². The fraction of sp³-hybridized carbons (Fsp3) is 0.909. The van der Waals surface area contributed by atoms with Gasteiger partial charge in [0.05, 0.1) is 13.2 Å². The Morgan fingerprint density at radius 1 is 1.65 bits per heavy atom. The first-order valence-electron chi connectivity index (χ1n) is 5.60. The number of carbonyl (C=O) groups excluding carboxylic acids is 1. The first kappa shape index (κ1) is 14.4. The summed E-state index contributed by atoms with van der Waals surface area (Å²) in [4.78, 5) is 11.5. The molecule has 1 aliphatic heterocycles. The van der Waals surface area contributed by atoms with Crippen LogP contribution in [0.25, 0.3) is 0 Å². The molecule has 1 aliphatic rings. The summed E-state index contributed by atoms with van der Waals surface area (Å²) in [5.74, 6) is -1.70. The van der Waals surface area contributed by atoms with Gasteiger partial charge < -0.3 is 24.4 Å². The van der Waals surface area contributed by atoms with Gasteiger partial charge >= 0.3 is 5.97 Å². The van der Waals surface area contributed by atoms with E-state index >= 15 is 0 Å². The fourth-order valence-corrected chi connectivity index (χ4v) is 1.63. The maximum atomic E-state index is 11.5. The maximum Gasteiger partial charge on any atom is 0.340 e. The minimum Gasteiger partial charge on any atom is -0.464 e. The summed E-state index contributed by atoms with van der Waals surface area (Å²) < 4.78 is 15.3. The normalized spacial score (nSPS) is 28.5. The number of aliphatic hydroxyl groups excluding tert-OH is 1. The third-order valence-electron chi connectivity index (χ3n) is 2.65. The van der Waals surface area contributed by atoms with Crippen molar-refractivity contribution in [1.82, 2.24) is 0 Å². The van der Waals surface area contributed by atoms with Crippen molar-refractivity contribution in [2.45, 2.75) is 51.3 Å². The molecule has 17 heavy (non-hydrogen) atoms. The van der Waals surface area contributed by atoms with Gasteiger partial charge in [0.1, 0.15) is 12.2 Å². The lowest BCUT2D eigenvalue weighted by atomic mass is 9.95. The van der Waals surface area contributed by atoms with Gasteiger partial charge in [-0.3, -0.25) is 0 Å². The van der Waals surface area contributed by atoms with E-state index in [2.05, 4.69) is 0 Å². The van der Waals surface area contributed by atoms with Crippen LogP contribution in [0.4, 0.5) is 0 Å². The van der Waals surface area contributed by atoms with Crippen molar-refractivity contribution in [2.24, 2.45) is 0 Å². The Labute approximate surface area is 100 Å². The van der Waals surface area contributed by atoms with E-state index in [0.29, 0.717) is 0 Å². The molecule has 0 saturated carbocycles. The molecule has 0 aromatic carbocycles. The zero-order chi connectivity index (χ0) is 13.3. The van der Waals surface area contributed by atoms with E-state index in [9.17, 15) is 15.0 Å². The molecule has 0 bridgehead atoms. The van der Waals surface area contributed by atoms with E-state index in [4.69, 9.17) is 14.2 Å². The average Bonchev–Trinajstić information content (AvgIpc) is 2.58. The molecule has 1 heterocycles. The van der Waals surface area contributed by atoms with Crippen LogP contribution in [0, 0.1) is 0 Å². The fourth-order valence-electron chi connectivity index (χ4n) is 1.63. The van der Waals surface area contributed by atoms with Crippen LogP contribution in [-0.2, 0) is 19.0 Å². The quantitative estimate of drug-likeness (QED) is 0.671. The Kier molecular flexibility index (Phi) is 4.14. The zero-order valence-electron chi connectivity index (χ0n) is 10.6. The molecule has 1 fully saturated rings. The summed E-state index contributed by atoms with van der Waals surface area (Å²) in [5, 5.41) is 19.9. The van der Waals surface area contributed by atoms with Gasteiger partial charge in [-0.2, -0.15) is 0 Å². The highest BCUT2D eigenvalue weighted by molar-refractivity contribution is 5.79. The van der Waals surface area contributed by atoms with Crippen LogP contribution >= 0.6 is 0 Å². The second-order valence-electron chi connectivity index (χ2n) is 4.68. The molecule has 0 unspecified atom stereocenters. The summed E-state index contributed by atoms with van der Waals surface area (Å²) in [7, 11) is 0. The smallest absolute Gasteiger partial charge is 0.340 e. The SMILES string of the molecule is CCOC(=O)[C@](C)(O)[C@H](O)[C@H]1COC(C)(C)O1. The average molecular weight is 248 g/mol. The topological polar surface area (TPSA) is 85.2 Å². The van der Waals surface area contributed by atoms with Crippen LogP contribution in [0.1, 0.15) is 27.7 Å². The first-order chi connectivity index (χ1) is 7.70. The molecule has 0 aromatic heterocycles. The molecule has 0 radical (unpaired) electrons. The molecule has 0 aromatic rings. The third-order valence-corrected chi connectivity index (χ3v) is 2.65. The Balaban J connectivity index is 2.69. The molecule has 100 valence electrons. The number of ether oxygens (including phenoxy) is 3. The van der Waals surface area contributed by atoms with E-state index in [1.807, 2.05) is 0 Å². The van der Waals surface area contributed by atoms with Crippen molar-refractivity contribution in [3.63, 3.8) is 0 Å². The maximum absolute atomic E-state index is 11.5. The van der Waals surface area contributed by atoms with Gasteiger partial charge in [0, 0.05) is 0 Å². The van der Waals surface area contributed by atoms with Crippen molar-refractivity contribution in [3.8, 4) is 0 Å². The zero-order valence-corrected chi connectivity index (χ0v) is 10.6. The van der Waals surface area contributed by atoms with Crippen LogP contribution in [0.5, 0.6) is 0 Å². The van der Waals surface area contributed by atoms with Crippen LogP contribution in [0.3, 0.4) is 0 Å². The monoisotopic (exact) mass is 248 g/mol. The van der Waals surface area contributed by atoms with Crippen molar-refractivity contribution >= 4 is 5.97 Å². The lowest BCUT2D eigenvalue weighted by Gasteiger charge is -2.30. The number of aliphatic hydroxyl groups is 2. The van der Waals surface area contributed by atoms with E-state index in [-0.39, 0.29) is 13.2 Å². The number of rotatable bonds is 4. The molecule has 6 nitrogen and oxygen atoms in total. The standard InChI is InChI=1S/C11H20O6/c1-5-15-9(13)11(4,14)8(12)7-6-16-10(2,3)17-7/h7-8,12,14H,5-6H2,1-4H3/t7-,8-,11-/m1/s1. The Morgan fingerprint density at radius 2 is 2.24 bits per heavy atom. The lowest BCUT2D eigenvalue weighted by Crippen LogP contribution is -2.54. The molecule has 0 aliphatic carbocycles. The number of carbonyl (C=O) groups is 1. The van der Waals surface area contributed by atoms with Crippen molar-refractivity contribution in [2.75, 3.05) is 13.2 Å². The summed E-state index contributed by atoms with van der Waals surface area (Å²) in [6.07, 6.45) is -2.16. The van der Waals surface area contributed by atoms with Crippen LogP contribution < -0.4 is 0 Å². The Bertz CT molecular complexity index is 286. The number of esters is 1. The van der Waals surface area contributed by atoms with Gasteiger partial charge in [-0.05, 0) is 27.7 Å². The molecule has 6 heteroatoms. The van der Waals surface area contributed by atoms with Crippen LogP contribution in [-0.4, -0.2) is 53.0 Å². The third kappa shape index (κ3) is 3.16. The van der Waals surface area contributed by atoms with E-state index < -0.39 is 29.6 Å². The molecule has 0 spiro atoms. The van der Waals surface area contributed by atoms with Gasteiger partial charge in [0.15, 0.2) is 11.4 Å². The van der Waals surface area contributed by atoms with Gasteiger partial charge in [0.25, 0.3) is 0 Å². The van der Waals surface area contributed by atoms with Crippen LogP contribution in [0.15, 0.2) is 0 Å². The predicted octanol–water partition coefficient (Wildman–Crippen LogP) is -0.187. The highest BCUT2D eigenvalue weighted by atomic mass is 16.7. The van der Waals surface area contributed by atoms with Crippen molar-refractivity contribution in [3.05, 3.63) is 0 Å². The summed E-state index contributed by atoms with van der Waals surface area (Å²) in [6, 6.07) is 0. The van der Waals surface area contributed by atoms with Crippen molar-refractivity contribution in [1.29, 1.82) is 0 Å². The predicted molar refractivity (Wildman–Crippen MR) is 58.2 cm³/mol. The molecule has 3 atom stereocenters. The number of hydrogen-bond donors (Lipinski definition) is 2. The highest BCUT2D eigenvalue weighted by Crippen LogP contribution is 2.28. The summed E-state index contributed by atoms with van der Waals surface area (Å²) in [5.41, 5.74) is -2.01. The van der Waals surface area contributed by atoms with E-state index in [1.54, 1.807) is 20.8 Å². The van der Waals surface area contributed by atoms with Gasteiger partial charge in [0.2, 0.25) is 0 Å². The van der Waals surface area contributed by atoms with Crippen molar-refractivity contribution < 1.29 is 29.2 Å². The van der Waals surface area contributed by atoms with Gasteiger partial charge in [-0.15, -0.1) is 0 Å². The first-order valence-corrected chi connectivity index (χ1v) is 5.60. The molecule has 0 amide bonds. The Morgan fingerprint density at radius 3 is 2.65 bits per heavy atom. The molecule has 1 rings (SSSR count). The van der Waals surface area contributed by atoms with Crippen LogP contribution in [0.2, 0.25) is 0 Å². The molecular formula is C11H20O6. The minimum atomic E-state index is -2.01. The minimum absolute atomic E-state index is 0.115. The number of hydrogen-bond acceptors (Lipinski definition) is 6. The second kappa shape index (κ2) is 4.89. The van der Waals surface area contributed by atoms with Gasteiger partial charge in [-0.1, -0.05) is 0 Å².